The quantitative estimate of drug-likeness (QED) is 0.794. The molecule has 14 heavy (non-hydrogen) atoms. The van der Waals surface area contributed by atoms with E-state index < -0.39 is 9.84 Å². The first-order valence-corrected chi connectivity index (χ1v) is 7.20. The zero-order chi connectivity index (χ0) is 10.2. The molecule has 0 aromatic heterocycles. The van der Waals surface area contributed by atoms with Gasteiger partial charge in [0, 0.05) is 5.33 Å². The normalized spacial score (nSPS) is 16.9. The van der Waals surface area contributed by atoms with E-state index in [1.807, 2.05) is 6.07 Å². The van der Waals surface area contributed by atoms with Crippen LogP contribution in [0, 0.1) is 0 Å². The molecule has 1 aromatic rings. The topological polar surface area (TPSA) is 34.1 Å². The fraction of sp³-hybridized carbons (Fsp3) is 0.400. The predicted octanol–water partition coefficient (Wildman–Crippen LogP) is 2.52. The highest BCUT2D eigenvalue weighted by Crippen LogP contribution is 2.33. The van der Waals surface area contributed by atoms with Gasteiger partial charge in [-0.15, -0.1) is 0 Å². The third kappa shape index (κ3) is 1.86. The van der Waals surface area contributed by atoms with Crippen LogP contribution >= 0.6 is 15.9 Å². The molecule has 76 valence electrons. The van der Waals surface area contributed by atoms with Crippen molar-refractivity contribution in [1.29, 1.82) is 0 Å². The fourth-order valence-corrected chi connectivity index (χ4v) is 3.45. The molecule has 1 saturated carbocycles. The summed E-state index contributed by atoms with van der Waals surface area (Å²) in [6.45, 7) is 0. The van der Waals surface area contributed by atoms with Crippen LogP contribution in [0.2, 0.25) is 0 Å². The van der Waals surface area contributed by atoms with E-state index in [1.54, 1.807) is 18.2 Å². The van der Waals surface area contributed by atoms with Crippen molar-refractivity contribution in [2.45, 2.75) is 28.3 Å². The average Bonchev–Trinajstić information content (AvgIpc) is 3.01. The maximum absolute atomic E-state index is 11.8. The van der Waals surface area contributed by atoms with Gasteiger partial charge in [0.05, 0.1) is 10.1 Å². The van der Waals surface area contributed by atoms with Crippen LogP contribution in [0.25, 0.3) is 0 Å². The van der Waals surface area contributed by atoms with Crippen molar-refractivity contribution < 1.29 is 8.42 Å². The van der Waals surface area contributed by atoms with Crippen molar-refractivity contribution in [3.05, 3.63) is 29.8 Å². The summed E-state index contributed by atoms with van der Waals surface area (Å²) in [5.74, 6) is 0. The molecule has 1 aromatic carbocycles. The van der Waals surface area contributed by atoms with Crippen LogP contribution in [0.1, 0.15) is 18.4 Å². The third-order valence-electron chi connectivity index (χ3n) is 2.34. The Morgan fingerprint density at radius 1 is 1.36 bits per heavy atom. The van der Waals surface area contributed by atoms with Crippen molar-refractivity contribution >= 4 is 25.8 Å². The Kier molecular flexibility index (Phi) is 2.66. The van der Waals surface area contributed by atoms with Gasteiger partial charge in [0.25, 0.3) is 0 Å². The van der Waals surface area contributed by atoms with Gasteiger partial charge in [-0.2, -0.15) is 0 Å². The third-order valence-corrected chi connectivity index (χ3v) is 5.25. The van der Waals surface area contributed by atoms with E-state index in [-0.39, 0.29) is 5.25 Å². The van der Waals surface area contributed by atoms with Gasteiger partial charge in [0.1, 0.15) is 0 Å². The first kappa shape index (κ1) is 10.2. The molecule has 1 fully saturated rings. The smallest absolute Gasteiger partial charge is 0.181 e. The molecule has 4 heteroatoms. The second-order valence-electron chi connectivity index (χ2n) is 3.53. The van der Waals surface area contributed by atoms with Crippen molar-refractivity contribution in [3.8, 4) is 0 Å². The van der Waals surface area contributed by atoms with Crippen LogP contribution in [0.4, 0.5) is 0 Å². The Balaban J connectivity index is 2.40. The second-order valence-corrected chi connectivity index (χ2v) is 6.31. The van der Waals surface area contributed by atoms with E-state index in [9.17, 15) is 8.42 Å². The summed E-state index contributed by atoms with van der Waals surface area (Å²) in [6, 6.07) is 7.15. The number of halogens is 1. The maximum atomic E-state index is 11.8. The average molecular weight is 275 g/mol. The van der Waals surface area contributed by atoms with Gasteiger partial charge in [0.2, 0.25) is 0 Å². The summed E-state index contributed by atoms with van der Waals surface area (Å²) in [6.07, 6.45) is 1.64. The highest BCUT2D eigenvalue weighted by atomic mass is 79.9. The Bertz CT molecular complexity index is 435. The Labute approximate surface area is 92.4 Å². The first-order chi connectivity index (χ1) is 6.64. The number of hydrogen-bond donors (Lipinski definition) is 0. The second kappa shape index (κ2) is 3.66. The van der Waals surface area contributed by atoms with Crippen molar-refractivity contribution in [3.63, 3.8) is 0 Å². The summed E-state index contributed by atoms with van der Waals surface area (Å²) >= 11 is 3.32. The number of benzene rings is 1. The highest BCUT2D eigenvalue weighted by Gasteiger charge is 2.36. The molecule has 0 spiro atoms. The summed E-state index contributed by atoms with van der Waals surface area (Å²) in [4.78, 5) is 0.469. The van der Waals surface area contributed by atoms with E-state index in [0.29, 0.717) is 10.2 Å². The van der Waals surface area contributed by atoms with E-state index in [1.165, 1.54) is 0 Å². The molecule has 0 N–H and O–H groups in total. The zero-order valence-corrected chi connectivity index (χ0v) is 10.0. The fourth-order valence-electron chi connectivity index (χ4n) is 1.38. The van der Waals surface area contributed by atoms with Gasteiger partial charge in [-0.05, 0) is 30.5 Å². The van der Waals surface area contributed by atoms with E-state index in [2.05, 4.69) is 15.9 Å². The Morgan fingerprint density at radius 2 is 2.07 bits per heavy atom. The Morgan fingerprint density at radius 3 is 2.64 bits per heavy atom. The molecule has 0 bridgehead atoms. The Hall–Kier alpha value is -0.350. The monoisotopic (exact) mass is 274 g/mol. The summed E-state index contributed by atoms with van der Waals surface area (Å²) < 4.78 is 23.7. The number of sulfone groups is 1. The van der Waals surface area contributed by atoms with Gasteiger partial charge < -0.3 is 0 Å². The van der Waals surface area contributed by atoms with Gasteiger partial charge in [-0.1, -0.05) is 28.1 Å². The number of alkyl halides is 1. The highest BCUT2D eigenvalue weighted by molar-refractivity contribution is 9.08. The molecular formula is C10H11BrO2S. The minimum atomic E-state index is -3.02. The van der Waals surface area contributed by atoms with Gasteiger partial charge in [-0.25, -0.2) is 8.42 Å². The molecular weight excluding hydrogens is 264 g/mol. The molecule has 0 saturated heterocycles. The molecule has 1 aliphatic carbocycles. The molecule has 2 rings (SSSR count). The number of rotatable bonds is 3. The summed E-state index contributed by atoms with van der Waals surface area (Å²) in [5, 5.41) is 0.578. The van der Waals surface area contributed by atoms with Gasteiger partial charge in [-0.3, -0.25) is 0 Å². The summed E-state index contributed by atoms with van der Waals surface area (Å²) in [5.41, 5.74) is 1.01. The van der Waals surface area contributed by atoms with Crippen LogP contribution in [0.15, 0.2) is 29.2 Å². The molecule has 1 aliphatic rings. The summed E-state index contributed by atoms with van der Waals surface area (Å²) in [7, 11) is -3.02. The van der Waals surface area contributed by atoms with Crippen LogP contribution in [0.5, 0.6) is 0 Å². The lowest BCUT2D eigenvalue weighted by Gasteiger charge is -2.03. The van der Waals surface area contributed by atoms with Crippen LogP contribution < -0.4 is 0 Å². The minimum absolute atomic E-state index is 0.118. The van der Waals surface area contributed by atoms with Crippen LogP contribution in [0.3, 0.4) is 0 Å². The zero-order valence-electron chi connectivity index (χ0n) is 7.61. The van der Waals surface area contributed by atoms with Gasteiger partial charge >= 0.3 is 0 Å². The molecule has 0 aliphatic heterocycles. The molecule has 0 radical (unpaired) electrons. The number of hydrogen-bond acceptors (Lipinski definition) is 2. The standard InChI is InChI=1S/C10H11BrO2S/c11-7-8-2-1-3-10(6-8)14(12,13)9-4-5-9/h1-3,6,9H,4-5,7H2. The van der Waals surface area contributed by atoms with E-state index in [0.717, 1.165) is 18.4 Å². The molecule has 0 unspecified atom stereocenters. The predicted molar refractivity (Wildman–Crippen MR) is 59.3 cm³/mol. The molecule has 2 nitrogen and oxygen atoms in total. The lowest BCUT2D eigenvalue weighted by Crippen LogP contribution is -2.07. The molecule has 0 amide bonds. The lowest BCUT2D eigenvalue weighted by molar-refractivity contribution is 0.594. The van der Waals surface area contributed by atoms with Crippen LogP contribution in [-0.4, -0.2) is 13.7 Å². The van der Waals surface area contributed by atoms with Gasteiger partial charge in [0.15, 0.2) is 9.84 Å². The maximum Gasteiger partial charge on any atom is 0.181 e. The minimum Gasteiger partial charge on any atom is -0.223 e. The van der Waals surface area contributed by atoms with Crippen molar-refractivity contribution in [1.82, 2.24) is 0 Å². The van der Waals surface area contributed by atoms with Crippen LogP contribution in [-0.2, 0) is 15.2 Å². The first-order valence-electron chi connectivity index (χ1n) is 4.53. The largest absolute Gasteiger partial charge is 0.223 e. The van der Waals surface area contributed by atoms with Crippen molar-refractivity contribution in [2.75, 3.05) is 0 Å². The lowest BCUT2D eigenvalue weighted by atomic mass is 10.2. The molecule has 0 heterocycles. The molecule has 0 atom stereocenters. The van der Waals surface area contributed by atoms with E-state index in [4.69, 9.17) is 0 Å². The van der Waals surface area contributed by atoms with E-state index >= 15 is 0 Å². The van der Waals surface area contributed by atoms with Crippen molar-refractivity contribution in [2.24, 2.45) is 0 Å². The SMILES string of the molecule is O=S(=O)(c1cccc(CBr)c1)C1CC1.